The van der Waals surface area contributed by atoms with Crippen LogP contribution in [0.4, 0.5) is 0 Å². The van der Waals surface area contributed by atoms with Crippen LogP contribution in [0.5, 0.6) is 0 Å². The van der Waals surface area contributed by atoms with Crippen LogP contribution in [0.2, 0.25) is 0 Å². The average molecular weight is 252 g/mol. The lowest BCUT2D eigenvalue weighted by Gasteiger charge is -2.41. The highest BCUT2D eigenvalue weighted by molar-refractivity contribution is 4.95. The maximum Gasteiger partial charge on any atom is 0.0702 e. The Bertz CT molecular complexity index is 261. The lowest BCUT2D eigenvalue weighted by atomic mass is 10.0. The van der Waals surface area contributed by atoms with Crippen molar-refractivity contribution in [2.45, 2.75) is 63.6 Å². The quantitative estimate of drug-likeness (QED) is 0.810. The molecule has 0 aromatic rings. The summed E-state index contributed by atoms with van der Waals surface area (Å²) in [5.74, 6) is 0.974. The number of hydrogen-bond donors (Lipinski definition) is 1. The maximum atomic E-state index is 5.84. The van der Waals surface area contributed by atoms with Crippen LogP contribution < -0.4 is 5.32 Å². The molecule has 3 nitrogen and oxygen atoms in total. The summed E-state index contributed by atoms with van der Waals surface area (Å²) in [5.41, 5.74) is 0. The number of nitrogens with zero attached hydrogens (tertiary/aromatic N) is 1. The van der Waals surface area contributed by atoms with E-state index in [1.807, 2.05) is 0 Å². The van der Waals surface area contributed by atoms with E-state index in [9.17, 15) is 0 Å². The Morgan fingerprint density at radius 3 is 2.83 bits per heavy atom. The molecule has 1 aliphatic carbocycles. The Morgan fingerprint density at radius 1 is 1.28 bits per heavy atom. The predicted octanol–water partition coefficient (Wildman–Crippen LogP) is 2.02. The highest BCUT2D eigenvalue weighted by Crippen LogP contribution is 2.36. The first-order valence-electron chi connectivity index (χ1n) is 7.96. The van der Waals surface area contributed by atoms with E-state index in [-0.39, 0.29) is 0 Å². The van der Waals surface area contributed by atoms with Crippen LogP contribution in [0.25, 0.3) is 0 Å². The first-order valence-corrected chi connectivity index (χ1v) is 7.96. The lowest BCUT2D eigenvalue weighted by Crippen LogP contribution is -2.58. The first-order chi connectivity index (χ1) is 8.86. The van der Waals surface area contributed by atoms with Crippen molar-refractivity contribution in [3.63, 3.8) is 0 Å². The molecule has 0 radical (unpaired) electrons. The van der Waals surface area contributed by atoms with E-state index in [4.69, 9.17) is 4.74 Å². The van der Waals surface area contributed by atoms with Crippen LogP contribution in [-0.2, 0) is 4.74 Å². The Labute approximate surface area is 111 Å². The van der Waals surface area contributed by atoms with Crippen molar-refractivity contribution >= 4 is 0 Å². The molecule has 18 heavy (non-hydrogen) atoms. The van der Waals surface area contributed by atoms with E-state index in [2.05, 4.69) is 17.1 Å². The van der Waals surface area contributed by atoms with Crippen molar-refractivity contribution in [1.82, 2.24) is 10.2 Å². The van der Waals surface area contributed by atoms with E-state index in [1.165, 1.54) is 58.2 Å². The van der Waals surface area contributed by atoms with Gasteiger partial charge in [0.1, 0.15) is 0 Å². The highest BCUT2D eigenvalue weighted by atomic mass is 16.5. The summed E-state index contributed by atoms with van der Waals surface area (Å²) in [6.07, 6.45) is 8.58. The first kappa shape index (κ1) is 12.9. The summed E-state index contributed by atoms with van der Waals surface area (Å²) in [4.78, 5) is 2.75. The van der Waals surface area contributed by atoms with E-state index in [0.717, 1.165) is 18.6 Å². The number of rotatable bonds is 5. The second-order valence-electron chi connectivity index (χ2n) is 6.39. The molecule has 0 aromatic heterocycles. The standard InChI is InChI=1S/C15H28N2O/c1-2-4-13-10-17(11-14-5-3-8-18-14)15(9-16-13)12-6-7-12/h12-16H,2-11H2,1H3. The van der Waals surface area contributed by atoms with Gasteiger partial charge < -0.3 is 10.1 Å². The normalized spacial score (nSPS) is 38.2. The molecular formula is C15H28N2O. The molecular weight excluding hydrogens is 224 g/mol. The van der Waals surface area contributed by atoms with Gasteiger partial charge in [0.15, 0.2) is 0 Å². The van der Waals surface area contributed by atoms with Gasteiger partial charge in [-0.05, 0) is 38.0 Å². The van der Waals surface area contributed by atoms with E-state index in [1.54, 1.807) is 0 Å². The van der Waals surface area contributed by atoms with Crippen LogP contribution >= 0.6 is 0 Å². The average Bonchev–Trinajstić information content (AvgIpc) is 3.08. The zero-order valence-electron chi connectivity index (χ0n) is 11.7. The molecule has 3 unspecified atom stereocenters. The van der Waals surface area contributed by atoms with Crippen LogP contribution in [-0.4, -0.2) is 49.3 Å². The van der Waals surface area contributed by atoms with Crippen LogP contribution in [0.1, 0.15) is 45.4 Å². The fraction of sp³-hybridized carbons (Fsp3) is 1.00. The summed E-state index contributed by atoms with van der Waals surface area (Å²) in [5, 5.41) is 3.76. The van der Waals surface area contributed by atoms with Crippen molar-refractivity contribution in [3.05, 3.63) is 0 Å². The number of hydrogen-bond acceptors (Lipinski definition) is 3. The third-order valence-corrected chi connectivity index (χ3v) is 4.81. The van der Waals surface area contributed by atoms with Gasteiger partial charge in [0.2, 0.25) is 0 Å². The minimum Gasteiger partial charge on any atom is -0.377 e. The van der Waals surface area contributed by atoms with Gasteiger partial charge in [0.05, 0.1) is 6.10 Å². The molecule has 1 N–H and O–H groups in total. The van der Waals surface area contributed by atoms with Crippen molar-refractivity contribution in [2.24, 2.45) is 5.92 Å². The zero-order valence-corrected chi connectivity index (χ0v) is 11.7. The van der Waals surface area contributed by atoms with E-state index >= 15 is 0 Å². The van der Waals surface area contributed by atoms with Gasteiger partial charge in [-0.3, -0.25) is 4.90 Å². The molecule has 1 saturated carbocycles. The molecule has 2 saturated heterocycles. The largest absolute Gasteiger partial charge is 0.377 e. The number of piperazine rings is 1. The molecule has 2 aliphatic heterocycles. The lowest BCUT2D eigenvalue weighted by molar-refractivity contribution is 0.0326. The molecule has 0 bridgehead atoms. The molecule has 3 aliphatic rings. The molecule has 0 amide bonds. The Morgan fingerprint density at radius 2 is 2.17 bits per heavy atom. The second kappa shape index (κ2) is 5.89. The Hall–Kier alpha value is -0.120. The van der Waals surface area contributed by atoms with Crippen LogP contribution in [0.15, 0.2) is 0 Å². The summed E-state index contributed by atoms with van der Waals surface area (Å²) in [6.45, 7) is 6.92. The highest BCUT2D eigenvalue weighted by Gasteiger charge is 2.39. The van der Waals surface area contributed by atoms with Crippen molar-refractivity contribution < 1.29 is 4.74 Å². The molecule has 0 aromatic carbocycles. The molecule has 3 atom stereocenters. The molecule has 104 valence electrons. The number of ether oxygens (including phenoxy) is 1. The van der Waals surface area contributed by atoms with Crippen LogP contribution in [0.3, 0.4) is 0 Å². The molecule has 3 fully saturated rings. The Kier molecular flexibility index (Phi) is 4.22. The summed E-state index contributed by atoms with van der Waals surface area (Å²) in [7, 11) is 0. The predicted molar refractivity (Wildman–Crippen MR) is 73.8 cm³/mol. The van der Waals surface area contributed by atoms with Crippen molar-refractivity contribution in [3.8, 4) is 0 Å². The van der Waals surface area contributed by atoms with Gasteiger partial charge in [0, 0.05) is 38.3 Å². The van der Waals surface area contributed by atoms with Gasteiger partial charge in [-0.25, -0.2) is 0 Å². The second-order valence-corrected chi connectivity index (χ2v) is 6.39. The monoisotopic (exact) mass is 252 g/mol. The van der Waals surface area contributed by atoms with Crippen molar-refractivity contribution in [1.29, 1.82) is 0 Å². The molecule has 2 heterocycles. The van der Waals surface area contributed by atoms with Gasteiger partial charge in [-0.1, -0.05) is 13.3 Å². The fourth-order valence-electron chi connectivity index (χ4n) is 3.65. The maximum absolute atomic E-state index is 5.84. The van der Waals surface area contributed by atoms with Gasteiger partial charge >= 0.3 is 0 Å². The van der Waals surface area contributed by atoms with Gasteiger partial charge in [-0.2, -0.15) is 0 Å². The minimum absolute atomic E-state index is 0.520. The van der Waals surface area contributed by atoms with E-state index in [0.29, 0.717) is 12.1 Å². The molecule has 3 heteroatoms. The topological polar surface area (TPSA) is 24.5 Å². The SMILES string of the molecule is CCCC1CN(CC2CCCO2)C(C2CC2)CN1. The fourth-order valence-corrected chi connectivity index (χ4v) is 3.65. The molecule has 3 rings (SSSR count). The van der Waals surface area contributed by atoms with Gasteiger partial charge in [0.25, 0.3) is 0 Å². The minimum atomic E-state index is 0.520. The summed E-state index contributed by atoms with van der Waals surface area (Å²) < 4.78 is 5.84. The Balaban J connectivity index is 1.57. The number of nitrogens with one attached hydrogen (secondary N) is 1. The summed E-state index contributed by atoms with van der Waals surface area (Å²) in [6, 6.07) is 1.51. The third-order valence-electron chi connectivity index (χ3n) is 4.81. The smallest absolute Gasteiger partial charge is 0.0702 e. The molecule has 0 spiro atoms. The van der Waals surface area contributed by atoms with Crippen molar-refractivity contribution in [2.75, 3.05) is 26.2 Å². The third kappa shape index (κ3) is 3.06. The van der Waals surface area contributed by atoms with Gasteiger partial charge in [-0.15, -0.1) is 0 Å². The zero-order chi connectivity index (χ0) is 12.4. The summed E-state index contributed by atoms with van der Waals surface area (Å²) >= 11 is 0. The van der Waals surface area contributed by atoms with Crippen LogP contribution in [0, 0.1) is 5.92 Å². The van der Waals surface area contributed by atoms with E-state index < -0.39 is 0 Å².